The van der Waals surface area contributed by atoms with Crippen molar-refractivity contribution in [2.75, 3.05) is 33.1 Å². The predicted molar refractivity (Wildman–Crippen MR) is 111 cm³/mol. The molecule has 3 rings (SSSR count). The molecule has 1 heterocycles. The van der Waals surface area contributed by atoms with Crippen molar-refractivity contribution in [3.8, 4) is 17.0 Å². The van der Waals surface area contributed by atoms with E-state index in [2.05, 4.69) is 11.1 Å². The van der Waals surface area contributed by atoms with E-state index < -0.39 is 18.3 Å². The monoisotopic (exact) mass is 414 g/mol. The number of halogens is 3. The molecule has 2 N–H and O–H groups in total. The van der Waals surface area contributed by atoms with Crippen molar-refractivity contribution in [2.24, 2.45) is 0 Å². The fourth-order valence-electron chi connectivity index (χ4n) is 3.15. The second kappa shape index (κ2) is 9.63. The Morgan fingerprint density at radius 3 is 2.47 bits per heavy atom. The van der Waals surface area contributed by atoms with E-state index >= 15 is 0 Å². The van der Waals surface area contributed by atoms with E-state index in [-0.39, 0.29) is 18.6 Å². The maximum Gasteiger partial charge on any atom is 0.213 e. The van der Waals surface area contributed by atoms with Gasteiger partial charge >= 0.3 is 0 Å². The first-order valence-corrected chi connectivity index (χ1v) is 9.45. The molecule has 0 saturated heterocycles. The summed E-state index contributed by atoms with van der Waals surface area (Å²) in [6.45, 7) is -0.160. The summed E-state index contributed by atoms with van der Waals surface area (Å²) in [7, 11) is 3.80. The molecule has 0 fully saturated rings. The number of hydrogen-bond donors (Lipinski definition) is 1. The van der Waals surface area contributed by atoms with Gasteiger partial charge in [-0.1, -0.05) is 6.07 Å². The number of nitrogens with zero attached hydrogens (tertiary/aromatic N) is 2. The number of aromatic nitrogens is 1. The van der Waals surface area contributed by atoms with Gasteiger partial charge in [0.05, 0.1) is 0 Å². The van der Waals surface area contributed by atoms with Gasteiger partial charge in [0.25, 0.3) is 0 Å². The quantitative estimate of drug-likeness (QED) is 0.555. The average molecular weight is 414 g/mol. The Morgan fingerprint density at radius 2 is 1.87 bits per heavy atom. The highest BCUT2D eigenvalue weighted by molar-refractivity contribution is 5.79. The first kappa shape index (κ1) is 21.6. The smallest absolute Gasteiger partial charge is 0.213 e. The molecule has 1 aromatic heterocycles. The van der Waals surface area contributed by atoms with Crippen LogP contribution in [0.4, 0.5) is 18.9 Å². The molecule has 30 heavy (non-hydrogen) atoms. The van der Waals surface area contributed by atoms with Gasteiger partial charge in [-0.15, -0.1) is 0 Å². The summed E-state index contributed by atoms with van der Waals surface area (Å²) in [4.78, 5) is 6.12. The van der Waals surface area contributed by atoms with E-state index in [9.17, 15) is 13.2 Å². The number of nitrogens with two attached hydrogens (primary N) is 1. The van der Waals surface area contributed by atoms with Crippen LogP contribution in [0.2, 0.25) is 0 Å². The number of rotatable bonds is 8. The van der Waals surface area contributed by atoms with Gasteiger partial charge in [0.15, 0.2) is 0 Å². The fraction of sp³-hybridized carbons (Fsp3) is 0.261. The Balaban J connectivity index is 2.02. The Kier molecular flexibility index (Phi) is 6.95. The Labute approximate surface area is 174 Å². The maximum atomic E-state index is 14.2. The van der Waals surface area contributed by atoms with Gasteiger partial charge in [0, 0.05) is 47.6 Å². The van der Waals surface area contributed by atoms with Crippen LogP contribution in [0.15, 0.2) is 42.6 Å². The van der Waals surface area contributed by atoms with Crippen LogP contribution in [0.25, 0.3) is 11.1 Å². The van der Waals surface area contributed by atoms with Gasteiger partial charge in [0.1, 0.15) is 24.9 Å². The predicted octanol–water partition coefficient (Wildman–Crippen LogP) is 4.41. The number of nitrogen functional groups attached to an aromatic ring is 1. The number of ether oxygens (including phenoxy) is 1. The van der Waals surface area contributed by atoms with E-state index in [1.807, 2.05) is 19.0 Å². The molecule has 0 saturated carbocycles. The molecule has 4 nitrogen and oxygen atoms in total. The van der Waals surface area contributed by atoms with E-state index in [0.717, 1.165) is 5.56 Å². The highest BCUT2D eigenvalue weighted by Gasteiger charge is 2.15. The molecule has 0 atom stereocenters. The molecule has 7 heteroatoms. The van der Waals surface area contributed by atoms with Crippen LogP contribution in [-0.4, -0.2) is 37.3 Å². The summed E-state index contributed by atoms with van der Waals surface area (Å²) in [5.41, 5.74) is 9.61. The Hall–Kier alpha value is -3.06. The second-order valence-corrected chi connectivity index (χ2v) is 7.14. The summed E-state index contributed by atoms with van der Waals surface area (Å²) in [6, 6.07) is 12.2. The highest BCUT2D eigenvalue weighted by Crippen LogP contribution is 2.32. The minimum Gasteiger partial charge on any atom is -0.475 e. The number of benzene rings is 2. The van der Waals surface area contributed by atoms with E-state index in [4.69, 9.17) is 10.5 Å². The first-order chi connectivity index (χ1) is 14.4. The van der Waals surface area contributed by atoms with E-state index in [1.54, 1.807) is 24.4 Å². The zero-order valence-electron chi connectivity index (χ0n) is 16.9. The highest BCUT2D eigenvalue weighted by atomic mass is 19.1. The van der Waals surface area contributed by atoms with Crippen LogP contribution in [0.5, 0.6) is 5.88 Å². The molecular weight excluding hydrogens is 391 g/mol. The lowest BCUT2D eigenvalue weighted by Crippen LogP contribution is -2.13. The van der Waals surface area contributed by atoms with Gasteiger partial charge in [-0.2, -0.15) is 0 Å². The van der Waals surface area contributed by atoms with Crippen molar-refractivity contribution in [3.63, 3.8) is 0 Å². The van der Waals surface area contributed by atoms with Crippen LogP contribution in [-0.2, 0) is 13.0 Å². The van der Waals surface area contributed by atoms with E-state index in [1.165, 1.54) is 18.2 Å². The van der Waals surface area contributed by atoms with Crippen molar-refractivity contribution in [2.45, 2.75) is 13.0 Å². The summed E-state index contributed by atoms with van der Waals surface area (Å²) in [5.74, 6) is -0.904. The van der Waals surface area contributed by atoms with Crippen LogP contribution < -0.4 is 10.5 Å². The minimum absolute atomic E-state index is 0.0200. The Bertz CT molecular complexity index is 987. The van der Waals surface area contributed by atoms with Crippen molar-refractivity contribution in [1.82, 2.24) is 9.88 Å². The van der Waals surface area contributed by atoms with Gasteiger partial charge in [-0.25, -0.2) is 18.2 Å². The lowest BCUT2D eigenvalue weighted by Gasteiger charge is -2.17. The standard InChI is InChI=1S/C23H23F3N3O/c1-29(2)14-17-10-15(12-19-20(25)4-3-5-21(19)26)11-18(23(17)27)16-6-7-22(28-13-16)30-9-8-24/h3-7,11,13H,8-9,12,14,27H2,1-2H3. The lowest BCUT2D eigenvalue weighted by molar-refractivity contribution is 0.264. The second-order valence-electron chi connectivity index (χ2n) is 7.14. The van der Waals surface area contributed by atoms with Crippen molar-refractivity contribution >= 4 is 5.69 Å². The first-order valence-electron chi connectivity index (χ1n) is 9.45. The summed E-state index contributed by atoms with van der Waals surface area (Å²) in [5, 5.41) is 0. The Morgan fingerprint density at radius 1 is 1.13 bits per heavy atom. The molecule has 1 radical (unpaired) electrons. The average Bonchev–Trinajstić information content (AvgIpc) is 2.71. The molecular formula is C23H23F3N3O. The van der Waals surface area contributed by atoms with Crippen molar-refractivity contribution < 1.29 is 17.9 Å². The number of alkyl halides is 1. The normalized spacial score (nSPS) is 11.1. The van der Waals surface area contributed by atoms with Gasteiger partial charge < -0.3 is 15.4 Å². The summed E-state index contributed by atoms with van der Waals surface area (Å²) in [6.07, 6.45) is 1.61. The maximum absolute atomic E-state index is 14.2. The van der Waals surface area contributed by atoms with Crippen molar-refractivity contribution in [1.29, 1.82) is 0 Å². The zero-order valence-corrected chi connectivity index (χ0v) is 16.9. The zero-order chi connectivity index (χ0) is 21.7. The number of hydrogen-bond acceptors (Lipinski definition) is 4. The third kappa shape index (κ3) is 5.10. The largest absolute Gasteiger partial charge is 0.475 e. The summed E-state index contributed by atoms with van der Waals surface area (Å²) >= 11 is 0. The lowest BCUT2D eigenvalue weighted by atomic mass is 9.94. The molecule has 0 aliphatic rings. The van der Waals surface area contributed by atoms with E-state index in [0.29, 0.717) is 34.8 Å². The molecule has 0 amide bonds. The molecule has 2 aromatic carbocycles. The molecule has 0 aliphatic heterocycles. The van der Waals surface area contributed by atoms with Gasteiger partial charge in [-0.05, 0) is 55.6 Å². The van der Waals surface area contributed by atoms with Crippen molar-refractivity contribution in [3.05, 3.63) is 77.0 Å². The van der Waals surface area contributed by atoms with Crippen LogP contribution in [0, 0.1) is 17.7 Å². The molecule has 0 spiro atoms. The molecule has 157 valence electrons. The SMILES string of the molecule is CN(C)Cc1[c]c(Cc2c(F)cccc2F)cc(-c2ccc(OCCF)nc2)c1N. The third-order valence-corrected chi connectivity index (χ3v) is 4.52. The summed E-state index contributed by atoms with van der Waals surface area (Å²) < 4.78 is 45.8. The van der Waals surface area contributed by atoms with Gasteiger partial charge in [0.2, 0.25) is 5.88 Å². The third-order valence-electron chi connectivity index (χ3n) is 4.52. The number of pyridine rings is 1. The molecule has 3 aromatic rings. The molecule has 0 unspecified atom stereocenters. The molecule has 0 aliphatic carbocycles. The topological polar surface area (TPSA) is 51.4 Å². The van der Waals surface area contributed by atoms with Crippen LogP contribution >= 0.6 is 0 Å². The van der Waals surface area contributed by atoms with Crippen LogP contribution in [0.1, 0.15) is 16.7 Å². The van der Waals surface area contributed by atoms with Gasteiger partial charge in [-0.3, -0.25) is 0 Å². The molecule has 0 bridgehead atoms. The van der Waals surface area contributed by atoms with Crippen LogP contribution in [0.3, 0.4) is 0 Å². The number of anilines is 1. The fourth-order valence-corrected chi connectivity index (χ4v) is 3.15. The minimum atomic E-state index is -0.605.